The fraction of sp³-hybridized carbons (Fsp3) is 0.421. The van der Waals surface area contributed by atoms with Crippen LogP contribution in [0.25, 0.3) is 11.3 Å². The Bertz CT molecular complexity index is 619. The Labute approximate surface area is 132 Å². The molecule has 0 spiro atoms. The third-order valence-electron chi connectivity index (χ3n) is 4.27. The van der Waals surface area contributed by atoms with E-state index in [-0.39, 0.29) is 0 Å². The molecule has 3 rings (SSSR count). The van der Waals surface area contributed by atoms with Gasteiger partial charge in [0.05, 0.1) is 11.9 Å². The predicted octanol–water partition coefficient (Wildman–Crippen LogP) is 3.64. The molecule has 1 aromatic carbocycles. The van der Waals surface area contributed by atoms with Crippen LogP contribution in [0.5, 0.6) is 5.75 Å². The first-order valence-electron chi connectivity index (χ1n) is 8.04. The molecule has 0 amide bonds. The molecule has 1 aromatic heterocycles. The molecular formula is C19H23N2O. The molecule has 2 heterocycles. The Kier molecular flexibility index (Phi) is 4.74. The van der Waals surface area contributed by atoms with Crippen molar-refractivity contribution in [2.24, 2.45) is 0 Å². The highest BCUT2D eigenvalue weighted by molar-refractivity contribution is 5.66. The fourth-order valence-corrected chi connectivity index (χ4v) is 2.99. The topological polar surface area (TPSA) is 25.4 Å². The Morgan fingerprint density at radius 3 is 2.73 bits per heavy atom. The molecule has 0 bridgehead atoms. The third kappa shape index (κ3) is 3.47. The summed E-state index contributed by atoms with van der Waals surface area (Å²) in [4.78, 5) is 6.80. The summed E-state index contributed by atoms with van der Waals surface area (Å²) in [7, 11) is 0. The number of nitrogens with zero attached hydrogens (tertiary/aromatic N) is 2. The van der Waals surface area contributed by atoms with Gasteiger partial charge in [0.1, 0.15) is 12.4 Å². The molecule has 1 radical (unpaired) electrons. The van der Waals surface area contributed by atoms with Crippen LogP contribution in [0.3, 0.4) is 0 Å². The minimum Gasteiger partial charge on any atom is -0.492 e. The van der Waals surface area contributed by atoms with Crippen molar-refractivity contribution >= 4 is 0 Å². The highest BCUT2D eigenvalue weighted by Gasteiger charge is 2.12. The van der Waals surface area contributed by atoms with E-state index in [4.69, 9.17) is 4.74 Å². The molecule has 0 saturated carbocycles. The van der Waals surface area contributed by atoms with Crippen molar-refractivity contribution in [3.05, 3.63) is 47.7 Å². The standard InChI is InChI=1S/C19H23N2O/c1-15-14-19(22-12-11-21-9-5-6-10-21)16(2)13-17(15)18-7-3-4-8-20-18/h3-4,7,13-14H,5-6,9-12H2,1-2H3. The molecular weight excluding hydrogens is 272 g/mol. The quantitative estimate of drug-likeness (QED) is 0.842. The lowest BCUT2D eigenvalue weighted by Gasteiger charge is -2.17. The lowest BCUT2D eigenvalue weighted by atomic mass is 10.0. The molecule has 1 saturated heterocycles. The maximum absolute atomic E-state index is 6.00. The number of rotatable bonds is 5. The summed E-state index contributed by atoms with van der Waals surface area (Å²) < 4.78 is 6.00. The first kappa shape index (κ1) is 15.0. The Morgan fingerprint density at radius 2 is 2.00 bits per heavy atom. The van der Waals surface area contributed by atoms with Crippen molar-refractivity contribution in [1.82, 2.24) is 9.88 Å². The fourth-order valence-electron chi connectivity index (χ4n) is 2.99. The van der Waals surface area contributed by atoms with Crippen LogP contribution in [0.2, 0.25) is 0 Å². The summed E-state index contributed by atoms with van der Waals surface area (Å²) in [5.41, 5.74) is 4.47. The number of ether oxygens (including phenoxy) is 1. The highest BCUT2D eigenvalue weighted by atomic mass is 16.5. The first-order chi connectivity index (χ1) is 10.7. The van der Waals surface area contributed by atoms with Gasteiger partial charge in [-0.1, -0.05) is 6.07 Å². The van der Waals surface area contributed by atoms with Gasteiger partial charge in [0.25, 0.3) is 0 Å². The second kappa shape index (κ2) is 6.93. The van der Waals surface area contributed by atoms with Crippen LogP contribution in [-0.4, -0.2) is 36.1 Å². The van der Waals surface area contributed by atoms with E-state index in [0.29, 0.717) is 0 Å². The summed E-state index contributed by atoms with van der Waals surface area (Å²) in [6, 6.07) is 10.1. The van der Waals surface area contributed by atoms with E-state index in [1.54, 1.807) is 0 Å². The summed E-state index contributed by atoms with van der Waals surface area (Å²) in [6.07, 6.45) is 5.55. The number of aromatic nitrogens is 1. The SMILES string of the molecule is Cc1cc(-c2ccc[c]n2)c(C)cc1OCCN1CCCC1. The van der Waals surface area contributed by atoms with E-state index in [2.05, 4.69) is 42.1 Å². The molecule has 0 unspecified atom stereocenters. The molecule has 3 heteroatoms. The average Bonchev–Trinajstić information content (AvgIpc) is 3.04. The third-order valence-corrected chi connectivity index (χ3v) is 4.27. The van der Waals surface area contributed by atoms with E-state index in [1.165, 1.54) is 31.5 Å². The maximum Gasteiger partial charge on any atom is 0.122 e. The van der Waals surface area contributed by atoms with Crippen LogP contribution >= 0.6 is 0 Å². The summed E-state index contributed by atoms with van der Waals surface area (Å²) in [5.74, 6) is 0.986. The smallest absolute Gasteiger partial charge is 0.122 e. The van der Waals surface area contributed by atoms with Crippen LogP contribution < -0.4 is 4.74 Å². The second-order valence-electron chi connectivity index (χ2n) is 5.98. The van der Waals surface area contributed by atoms with E-state index in [0.717, 1.165) is 35.7 Å². The van der Waals surface area contributed by atoms with Gasteiger partial charge in [-0.15, -0.1) is 0 Å². The number of hydrogen-bond acceptors (Lipinski definition) is 3. The van der Waals surface area contributed by atoms with Crippen molar-refractivity contribution in [2.45, 2.75) is 26.7 Å². The molecule has 3 nitrogen and oxygen atoms in total. The van der Waals surface area contributed by atoms with Gasteiger partial charge >= 0.3 is 0 Å². The van der Waals surface area contributed by atoms with Crippen molar-refractivity contribution in [3.8, 4) is 17.0 Å². The number of aryl methyl sites for hydroxylation is 2. The lowest BCUT2D eigenvalue weighted by molar-refractivity contribution is 0.237. The molecule has 0 atom stereocenters. The maximum atomic E-state index is 6.00. The molecule has 1 fully saturated rings. The zero-order valence-electron chi connectivity index (χ0n) is 13.4. The number of hydrogen-bond donors (Lipinski definition) is 0. The van der Waals surface area contributed by atoms with E-state index >= 15 is 0 Å². The van der Waals surface area contributed by atoms with Crippen molar-refractivity contribution in [3.63, 3.8) is 0 Å². The van der Waals surface area contributed by atoms with Gasteiger partial charge in [0.2, 0.25) is 0 Å². The first-order valence-corrected chi connectivity index (χ1v) is 8.04. The van der Waals surface area contributed by atoms with Gasteiger partial charge in [-0.2, -0.15) is 0 Å². The van der Waals surface area contributed by atoms with Crippen LogP contribution in [0.15, 0.2) is 30.3 Å². The molecule has 0 aliphatic carbocycles. The second-order valence-corrected chi connectivity index (χ2v) is 5.98. The van der Waals surface area contributed by atoms with E-state index in [9.17, 15) is 0 Å². The van der Waals surface area contributed by atoms with Gasteiger partial charge in [-0.3, -0.25) is 4.90 Å². The molecule has 1 aliphatic heterocycles. The van der Waals surface area contributed by atoms with Gasteiger partial charge in [0.15, 0.2) is 0 Å². The largest absolute Gasteiger partial charge is 0.492 e. The monoisotopic (exact) mass is 295 g/mol. The molecule has 1 aliphatic rings. The van der Waals surface area contributed by atoms with Gasteiger partial charge in [-0.25, -0.2) is 4.98 Å². The van der Waals surface area contributed by atoms with Crippen LogP contribution in [-0.2, 0) is 0 Å². The Morgan fingerprint density at radius 1 is 1.18 bits per heavy atom. The number of pyridine rings is 1. The summed E-state index contributed by atoms with van der Waals surface area (Å²) >= 11 is 0. The van der Waals surface area contributed by atoms with Crippen molar-refractivity contribution in [1.29, 1.82) is 0 Å². The Balaban J connectivity index is 1.69. The molecule has 115 valence electrons. The van der Waals surface area contributed by atoms with Gasteiger partial charge in [0, 0.05) is 12.1 Å². The highest BCUT2D eigenvalue weighted by Crippen LogP contribution is 2.29. The van der Waals surface area contributed by atoms with Crippen molar-refractivity contribution in [2.75, 3.05) is 26.2 Å². The van der Waals surface area contributed by atoms with E-state index < -0.39 is 0 Å². The molecule has 22 heavy (non-hydrogen) atoms. The summed E-state index contributed by atoms with van der Waals surface area (Å²) in [6.45, 7) is 8.43. The minimum atomic E-state index is 0.761. The van der Waals surface area contributed by atoms with Gasteiger partial charge in [-0.05, 0) is 75.2 Å². The van der Waals surface area contributed by atoms with Gasteiger partial charge < -0.3 is 4.74 Å². The zero-order chi connectivity index (χ0) is 15.4. The molecule has 0 N–H and O–H groups in total. The normalized spacial score (nSPS) is 15.2. The summed E-state index contributed by atoms with van der Waals surface area (Å²) in [5, 5.41) is 0. The predicted molar refractivity (Wildman–Crippen MR) is 89.2 cm³/mol. The molecule has 2 aromatic rings. The lowest BCUT2D eigenvalue weighted by Crippen LogP contribution is -2.25. The minimum absolute atomic E-state index is 0.761. The van der Waals surface area contributed by atoms with Crippen LogP contribution in [0.1, 0.15) is 24.0 Å². The Hall–Kier alpha value is -1.87. The van der Waals surface area contributed by atoms with E-state index in [1.807, 2.05) is 18.2 Å². The van der Waals surface area contributed by atoms with Crippen LogP contribution in [0, 0.1) is 20.0 Å². The average molecular weight is 295 g/mol. The van der Waals surface area contributed by atoms with Crippen molar-refractivity contribution < 1.29 is 4.74 Å². The van der Waals surface area contributed by atoms with Crippen LogP contribution in [0.4, 0.5) is 0 Å². The number of benzene rings is 1. The zero-order valence-corrected chi connectivity index (χ0v) is 13.4. The number of likely N-dealkylation sites (tertiary alicyclic amines) is 1.